The summed E-state index contributed by atoms with van der Waals surface area (Å²) in [6.07, 6.45) is 3.89. The molecule has 0 fully saturated rings. The van der Waals surface area contributed by atoms with Crippen LogP contribution in [0.5, 0.6) is 0 Å². The van der Waals surface area contributed by atoms with Gasteiger partial charge in [-0.05, 0) is 30.6 Å². The normalized spacial score (nSPS) is 14.6. The number of amides is 3. The summed E-state index contributed by atoms with van der Waals surface area (Å²) in [6, 6.07) is 5.79. The van der Waals surface area contributed by atoms with Gasteiger partial charge in [0.15, 0.2) is 5.13 Å². The first-order valence-electron chi connectivity index (χ1n) is 7.29. The van der Waals surface area contributed by atoms with Gasteiger partial charge < -0.3 is 5.32 Å². The highest BCUT2D eigenvalue weighted by Gasteiger charge is 2.42. The van der Waals surface area contributed by atoms with Crippen molar-refractivity contribution in [3.8, 4) is 0 Å². The molecule has 0 radical (unpaired) electrons. The number of hydrogen-bond acceptors (Lipinski definition) is 6. The number of carbonyl (C=O) groups is 3. The monoisotopic (exact) mass is 361 g/mol. The zero-order valence-corrected chi connectivity index (χ0v) is 14.5. The molecule has 0 saturated heterocycles. The second-order valence-electron chi connectivity index (χ2n) is 5.15. The summed E-state index contributed by atoms with van der Waals surface area (Å²) in [5, 5.41) is 4.88. The second-order valence-corrected chi connectivity index (χ2v) is 7.03. The number of nitrogens with zero attached hydrogens (tertiary/aromatic N) is 2. The van der Waals surface area contributed by atoms with Crippen LogP contribution in [0.25, 0.3) is 0 Å². The van der Waals surface area contributed by atoms with E-state index < -0.39 is 23.8 Å². The molecular formula is C16H15N3O3S2. The molecule has 8 heteroatoms. The number of imide groups is 1. The van der Waals surface area contributed by atoms with Crippen molar-refractivity contribution in [1.29, 1.82) is 0 Å². The van der Waals surface area contributed by atoms with E-state index in [0.29, 0.717) is 28.4 Å². The predicted molar refractivity (Wildman–Crippen MR) is 94.5 cm³/mol. The smallest absolute Gasteiger partial charge is 0.262 e. The van der Waals surface area contributed by atoms with Crippen molar-refractivity contribution < 1.29 is 14.4 Å². The summed E-state index contributed by atoms with van der Waals surface area (Å²) in [5.74, 6) is -0.580. The molecule has 3 rings (SSSR count). The number of anilines is 1. The van der Waals surface area contributed by atoms with Gasteiger partial charge >= 0.3 is 0 Å². The van der Waals surface area contributed by atoms with Crippen molar-refractivity contribution in [2.45, 2.75) is 12.5 Å². The molecule has 0 unspecified atom stereocenters. The second kappa shape index (κ2) is 7.14. The molecule has 124 valence electrons. The van der Waals surface area contributed by atoms with Crippen molar-refractivity contribution in [2.24, 2.45) is 0 Å². The topological polar surface area (TPSA) is 79.4 Å². The van der Waals surface area contributed by atoms with Crippen LogP contribution in [0.3, 0.4) is 0 Å². The summed E-state index contributed by atoms with van der Waals surface area (Å²) in [5.41, 5.74) is 0.692. The molecule has 3 amide bonds. The SMILES string of the molecule is CSCC[C@H](C(=O)Nc1nccs1)N1C(=O)c2ccccc2C1=O. The maximum atomic E-state index is 12.6. The molecule has 1 aliphatic rings. The average Bonchev–Trinajstić information content (AvgIpc) is 3.18. The minimum atomic E-state index is -0.853. The van der Waals surface area contributed by atoms with E-state index >= 15 is 0 Å². The van der Waals surface area contributed by atoms with Gasteiger partial charge in [-0.15, -0.1) is 11.3 Å². The molecule has 0 bridgehead atoms. The Hall–Kier alpha value is -2.19. The van der Waals surface area contributed by atoms with Gasteiger partial charge in [-0.2, -0.15) is 11.8 Å². The number of nitrogens with one attached hydrogen (secondary N) is 1. The number of aromatic nitrogens is 1. The van der Waals surface area contributed by atoms with Gasteiger partial charge in [-0.1, -0.05) is 12.1 Å². The lowest BCUT2D eigenvalue weighted by Gasteiger charge is -2.24. The molecule has 6 nitrogen and oxygen atoms in total. The van der Waals surface area contributed by atoms with Crippen LogP contribution in [0, 0.1) is 0 Å². The Kier molecular flexibility index (Phi) is 4.96. The summed E-state index contributed by atoms with van der Waals surface area (Å²) in [7, 11) is 0. The lowest BCUT2D eigenvalue weighted by molar-refractivity contribution is -0.120. The lowest BCUT2D eigenvalue weighted by Crippen LogP contribution is -2.47. The van der Waals surface area contributed by atoms with Gasteiger partial charge in [0.1, 0.15) is 6.04 Å². The molecule has 0 aliphatic carbocycles. The van der Waals surface area contributed by atoms with Crippen molar-refractivity contribution in [3.63, 3.8) is 0 Å². The molecule has 0 saturated carbocycles. The fourth-order valence-electron chi connectivity index (χ4n) is 2.57. The highest BCUT2D eigenvalue weighted by atomic mass is 32.2. The minimum Gasteiger partial charge on any atom is -0.300 e. The Morgan fingerprint density at radius 3 is 2.50 bits per heavy atom. The highest BCUT2D eigenvalue weighted by molar-refractivity contribution is 7.98. The van der Waals surface area contributed by atoms with Gasteiger partial charge in [0.2, 0.25) is 5.91 Å². The quantitative estimate of drug-likeness (QED) is 0.800. The van der Waals surface area contributed by atoms with Crippen molar-refractivity contribution in [3.05, 3.63) is 47.0 Å². The van der Waals surface area contributed by atoms with Crippen LogP contribution in [0.2, 0.25) is 0 Å². The van der Waals surface area contributed by atoms with E-state index in [1.165, 1.54) is 11.3 Å². The number of rotatable bonds is 6. The Morgan fingerprint density at radius 2 is 1.96 bits per heavy atom. The number of benzene rings is 1. The van der Waals surface area contributed by atoms with E-state index in [9.17, 15) is 14.4 Å². The molecule has 2 aromatic rings. The third-order valence-corrected chi connectivity index (χ3v) is 5.03. The van der Waals surface area contributed by atoms with Gasteiger partial charge in [-0.25, -0.2) is 4.98 Å². The minimum absolute atomic E-state index is 0.346. The summed E-state index contributed by atoms with van der Waals surface area (Å²) in [6.45, 7) is 0. The van der Waals surface area contributed by atoms with Crippen molar-refractivity contribution in [1.82, 2.24) is 9.88 Å². The summed E-state index contributed by atoms with van der Waals surface area (Å²) >= 11 is 2.85. The molecule has 1 aromatic heterocycles. The first kappa shape index (κ1) is 16.7. The lowest BCUT2D eigenvalue weighted by atomic mass is 10.1. The van der Waals surface area contributed by atoms with E-state index in [0.717, 1.165) is 4.90 Å². The Bertz CT molecular complexity index is 742. The number of thioether (sulfide) groups is 1. The van der Waals surface area contributed by atoms with Crippen molar-refractivity contribution in [2.75, 3.05) is 17.3 Å². The maximum Gasteiger partial charge on any atom is 0.262 e. The Labute approximate surface area is 147 Å². The fourth-order valence-corrected chi connectivity index (χ4v) is 3.56. The highest BCUT2D eigenvalue weighted by Crippen LogP contribution is 2.27. The first-order chi connectivity index (χ1) is 11.6. The molecule has 2 heterocycles. The van der Waals surface area contributed by atoms with Crippen LogP contribution < -0.4 is 5.32 Å². The largest absolute Gasteiger partial charge is 0.300 e. The molecular weight excluding hydrogens is 346 g/mol. The van der Waals surface area contributed by atoms with Gasteiger partial charge in [0, 0.05) is 11.6 Å². The fraction of sp³-hybridized carbons (Fsp3) is 0.250. The third kappa shape index (κ3) is 3.07. The molecule has 0 spiro atoms. The number of carbonyl (C=O) groups excluding carboxylic acids is 3. The van der Waals surface area contributed by atoms with E-state index in [1.807, 2.05) is 6.26 Å². The van der Waals surface area contributed by atoms with Crippen molar-refractivity contribution >= 4 is 46.0 Å². The number of fused-ring (bicyclic) bond motifs is 1. The Morgan fingerprint density at radius 1 is 1.29 bits per heavy atom. The zero-order chi connectivity index (χ0) is 17.1. The average molecular weight is 361 g/mol. The van der Waals surface area contributed by atoms with Crippen LogP contribution in [-0.4, -0.2) is 45.7 Å². The summed E-state index contributed by atoms with van der Waals surface area (Å²) < 4.78 is 0. The van der Waals surface area contributed by atoms with Crippen LogP contribution in [0.4, 0.5) is 5.13 Å². The van der Waals surface area contributed by atoms with E-state index in [-0.39, 0.29) is 0 Å². The molecule has 1 atom stereocenters. The summed E-state index contributed by atoms with van der Waals surface area (Å²) in [4.78, 5) is 43.0. The van der Waals surface area contributed by atoms with Crippen LogP contribution in [0.15, 0.2) is 35.8 Å². The number of thiazole rings is 1. The van der Waals surface area contributed by atoms with Crippen LogP contribution >= 0.6 is 23.1 Å². The predicted octanol–water partition coefficient (Wildman–Crippen LogP) is 2.50. The van der Waals surface area contributed by atoms with Crippen LogP contribution in [0.1, 0.15) is 27.1 Å². The van der Waals surface area contributed by atoms with Gasteiger partial charge in [0.05, 0.1) is 11.1 Å². The standard InChI is InChI=1S/C16H15N3O3S2/c1-23-8-6-12(13(20)18-16-17-7-9-24-16)19-14(21)10-4-2-3-5-11(10)15(19)22/h2-5,7,9,12H,6,8H2,1H3,(H,17,18,20)/t12-/m1/s1. The third-order valence-electron chi connectivity index (χ3n) is 3.70. The zero-order valence-electron chi connectivity index (χ0n) is 12.9. The first-order valence-corrected chi connectivity index (χ1v) is 9.57. The number of hydrogen-bond donors (Lipinski definition) is 1. The van der Waals surface area contributed by atoms with E-state index in [2.05, 4.69) is 10.3 Å². The maximum absolute atomic E-state index is 12.6. The van der Waals surface area contributed by atoms with Gasteiger partial charge in [0.25, 0.3) is 11.8 Å². The van der Waals surface area contributed by atoms with Crippen LogP contribution in [-0.2, 0) is 4.79 Å². The molecule has 1 aliphatic heterocycles. The molecule has 1 aromatic carbocycles. The Balaban J connectivity index is 1.88. The van der Waals surface area contributed by atoms with E-state index in [4.69, 9.17) is 0 Å². The van der Waals surface area contributed by atoms with E-state index in [1.54, 1.807) is 47.6 Å². The molecule has 24 heavy (non-hydrogen) atoms. The van der Waals surface area contributed by atoms with Gasteiger partial charge in [-0.3, -0.25) is 19.3 Å². The molecule has 1 N–H and O–H groups in total.